The van der Waals surface area contributed by atoms with Gasteiger partial charge in [-0.2, -0.15) is 13.2 Å². The fourth-order valence-corrected chi connectivity index (χ4v) is 2.13. The normalized spacial score (nSPS) is 11.7. The summed E-state index contributed by atoms with van der Waals surface area (Å²) in [6.45, 7) is -0.334. The highest BCUT2D eigenvalue weighted by Gasteiger charge is 2.28. The molecule has 0 atom stereocenters. The van der Waals surface area contributed by atoms with Gasteiger partial charge in [-0.15, -0.1) is 0 Å². The first-order valence-corrected chi connectivity index (χ1v) is 6.74. The van der Waals surface area contributed by atoms with E-state index in [1.807, 2.05) is 18.2 Å². The minimum atomic E-state index is -4.26. The fourth-order valence-electron chi connectivity index (χ4n) is 2.13. The van der Waals surface area contributed by atoms with Crippen molar-refractivity contribution < 1.29 is 22.7 Å². The van der Waals surface area contributed by atoms with E-state index in [9.17, 15) is 18.0 Å². The van der Waals surface area contributed by atoms with Crippen LogP contribution in [0.3, 0.4) is 0 Å². The van der Waals surface area contributed by atoms with E-state index in [-0.39, 0.29) is 19.0 Å². The molecule has 1 aromatic carbocycles. The van der Waals surface area contributed by atoms with Crippen LogP contribution in [0.15, 0.2) is 30.5 Å². The molecule has 4 nitrogen and oxygen atoms in total. The highest BCUT2D eigenvalue weighted by molar-refractivity contribution is 5.84. The molecule has 1 heterocycles. The first-order valence-electron chi connectivity index (χ1n) is 6.74. The average molecular weight is 314 g/mol. The van der Waals surface area contributed by atoms with Crippen molar-refractivity contribution in [3.8, 4) is 5.75 Å². The molecule has 7 heteroatoms. The molecule has 0 bridgehead atoms. The zero-order valence-corrected chi connectivity index (χ0v) is 12.4. The number of alkyl halides is 3. The topological polar surface area (TPSA) is 34.5 Å². The smallest absolute Gasteiger partial charge is 0.390 e. The monoisotopic (exact) mass is 314 g/mol. The molecule has 0 unspecified atom stereocenters. The molecular formula is C15H17F3N2O2. The fraction of sp³-hybridized carbons (Fsp3) is 0.400. The number of methoxy groups -OCH3 is 1. The molecule has 0 radical (unpaired) electrons. The Morgan fingerprint density at radius 3 is 2.68 bits per heavy atom. The average Bonchev–Trinajstić information content (AvgIpc) is 2.86. The maximum atomic E-state index is 12.2. The summed E-state index contributed by atoms with van der Waals surface area (Å²) in [7, 11) is 2.94. The Kier molecular flexibility index (Phi) is 4.63. The summed E-state index contributed by atoms with van der Waals surface area (Å²) in [4.78, 5) is 13.1. The van der Waals surface area contributed by atoms with Gasteiger partial charge in [-0.25, -0.2) is 0 Å². The number of hydrogen-bond acceptors (Lipinski definition) is 2. The quantitative estimate of drug-likeness (QED) is 0.850. The van der Waals surface area contributed by atoms with Crippen LogP contribution in [0.5, 0.6) is 5.75 Å². The standard InChI is InChI=1S/C15H17F3N2O2/c1-19(8-6-15(16,17)18)14(21)10-20-7-5-11-9-12(22-2)3-4-13(11)20/h3-5,7,9H,6,8,10H2,1-2H3. The lowest BCUT2D eigenvalue weighted by Crippen LogP contribution is -2.33. The van der Waals surface area contributed by atoms with E-state index in [4.69, 9.17) is 4.74 Å². The Morgan fingerprint density at radius 2 is 2.05 bits per heavy atom. The van der Waals surface area contributed by atoms with Crippen LogP contribution in [-0.2, 0) is 11.3 Å². The van der Waals surface area contributed by atoms with E-state index in [2.05, 4.69) is 0 Å². The summed E-state index contributed by atoms with van der Waals surface area (Å²) < 4.78 is 43.4. The van der Waals surface area contributed by atoms with E-state index in [0.717, 1.165) is 15.8 Å². The number of nitrogens with zero attached hydrogens (tertiary/aromatic N) is 2. The first-order chi connectivity index (χ1) is 10.3. The maximum Gasteiger partial charge on any atom is 0.390 e. The Bertz CT molecular complexity index is 664. The summed E-state index contributed by atoms with van der Waals surface area (Å²) in [5.74, 6) is 0.344. The lowest BCUT2D eigenvalue weighted by Gasteiger charge is -2.18. The molecule has 0 aliphatic heterocycles. The third-order valence-electron chi connectivity index (χ3n) is 3.44. The third-order valence-corrected chi connectivity index (χ3v) is 3.44. The molecule has 0 N–H and O–H groups in total. The molecule has 0 spiro atoms. The van der Waals surface area contributed by atoms with E-state index in [0.29, 0.717) is 5.75 Å². The number of halogens is 3. The third kappa shape index (κ3) is 3.93. The molecule has 1 amide bonds. The number of ether oxygens (including phenoxy) is 1. The van der Waals surface area contributed by atoms with Crippen molar-refractivity contribution in [3.63, 3.8) is 0 Å². The van der Waals surface area contributed by atoms with Crippen molar-refractivity contribution in [1.29, 1.82) is 0 Å². The number of amides is 1. The lowest BCUT2D eigenvalue weighted by molar-refractivity contribution is -0.144. The van der Waals surface area contributed by atoms with Crippen molar-refractivity contribution in [3.05, 3.63) is 30.5 Å². The number of carbonyl (C=O) groups excluding carboxylic acids is 1. The second kappa shape index (κ2) is 6.29. The summed E-state index contributed by atoms with van der Waals surface area (Å²) in [6, 6.07) is 7.26. The van der Waals surface area contributed by atoms with Crippen molar-refractivity contribution >= 4 is 16.8 Å². The van der Waals surface area contributed by atoms with Crippen LogP contribution < -0.4 is 4.74 Å². The van der Waals surface area contributed by atoms with Gasteiger partial charge in [0.15, 0.2) is 0 Å². The van der Waals surface area contributed by atoms with Gasteiger partial charge in [-0.1, -0.05) is 0 Å². The van der Waals surface area contributed by atoms with Gasteiger partial charge >= 0.3 is 6.18 Å². The molecule has 2 rings (SSSR count). The maximum absolute atomic E-state index is 12.2. The van der Waals surface area contributed by atoms with Crippen LogP contribution in [0.25, 0.3) is 10.9 Å². The lowest BCUT2D eigenvalue weighted by atomic mass is 10.2. The molecule has 0 aliphatic rings. The van der Waals surface area contributed by atoms with Crippen LogP contribution in [0.2, 0.25) is 0 Å². The van der Waals surface area contributed by atoms with Gasteiger partial charge in [0.2, 0.25) is 5.91 Å². The number of hydrogen-bond donors (Lipinski definition) is 0. The molecular weight excluding hydrogens is 297 g/mol. The van der Waals surface area contributed by atoms with Crippen molar-refractivity contribution in [1.82, 2.24) is 9.47 Å². The minimum absolute atomic E-state index is 0.00415. The van der Waals surface area contributed by atoms with Gasteiger partial charge in [-0.3, -0.25) is 4.79 Å². The molecule has 2 aromatic rings. The van der Waals surface area contributed by atoms with Crippen molar-refractivity contribution in [2.24, 2.45) is 0 Å². The van der Waals surface area contributed by atoms with Crippen molar-refractivity contribution in [2.75, 3.05) is 20.7 Å². The van der Waals surface area contributed by atoms with Gasteiger partial charge in [0, 0.05) is 30.7 Å². The molecule has 22 heavy (non-hydrogen) atoms. The Hall–Kier alpha value is -2.18. The minimum Gasteiger partial charge on any atom is -0.497 e. The van der Waals surface area contributed by atoms with Crippen LogP contribution >= 0.6 is 0 Å². The zero-order chi connectivity index (χ0) is 16.3. The molecule has 120 valence electrons. The van der Waals surface area contributed by atoms with Crippen LogP contribution in [0, 0.1) is 0 Å². The summed E-state index contributed by atoms with van der Waals surface area (Å²) >= 11 is 0. The number of rotatable bonds is 5. The largest absolute Gasteiger partial charge is 0.497 e. The summed E-state index contributed by atoms with van der Waals surface area (Å²) in [6.07, 6.45) is -3.52. The Labute approximate surface area is 126 Å². The number of likely N-dealkylation sites (N-methyl/N-ethyl adjacent to an activating group) is 1. The zero-order valence-electron chi connectivity index (χ0n) is 12.4. The molecule has 0 saturated carbocycles. The van der Waals surface area contributed by atoms with Crippen LogP contribution in [0.4, 0.5) is 13.2 Å². The van der Waals surface area contributed by atoms with Gasteiger partial charge in [-0.05, 0) is 24.3 Å². The second-order valence-corrected chi connectivity index (χ2v) is 5.05. The predicted octanol–water partition coefficient (Wildman–Crippen LogP) is 3.06. The van der Waals surface area contributed by atoms with E-state index < -0.39 is 12.6 Å². The van der Waals surface area contributed by atoms with E-state index >= 15 is 0 Å². The summed E-state index contributed by atoms with van der Waals surface area (Å²) in [5.41, 5.74) is 0.832. The summed E-state index contributed by atoms with van der Waals surface area (Å²) in [5, 5.41) is 0.907. The highest BCUT2D eigenvalue weighted by Crippen LogP contribution is 2.22. The SMILES string of the molecule is COc1ccc2c(ccn2CC(=O)N(C)CCC(F)(F)F)c1. The van der Waals surface area contributed by atoms with E-state index in [1.165, 1.54) is 7.05 Å². The van der Waals surface area contributed by atoms with Gasteiger partial charge in [0.05, 0.1) is 13.5 Å². The Balaban J connectivity index is 2.05. The van der Waals surface area contributed by atoms with Crippen molar-refractivity contribution in [2.45, 2.75) is 19.1 Å². The number of fused-ring (bicyclic) bond motifs is 1. The number of aromatic nitrogens is 1. The van der Waals surface area contributed by atoms with Gasteiger partial charge in [0.1, 0.15) is 12.3 Å². The molecule has 0 fully saturated rings. The second-order valence-electron chi connectivity index (χ2n) is 5.05. The number of benzene rings is 1. The van der Waals surface area contributed by atoms with Crippen LogP contribution in [-0.4, -0.2) is 42.3 Å². The number of carbonyl (C=O) groups is 1. The van der Waals surface area contributed by atoms with Gasteiger partial charge < -0.3 is 14.2 Å². The van der Waals surface area contributed by atoms with Gasteiger partial charge in [0.25, 0.3) is 0 Å². The first kappa shape index (κ1) is 16.2. The highest BCUT2D eigenvalue weighted by atomic mass is 19.4. The Morgan fingerprint density at radius 1 is 1.32 bits per heavy atom. The molecule has 0 saturated heterocycles. The van der Waals surface area contributed by atoms with Crippen LogP contribution in [0.1, 0.15) is 6.42 Å². The van der Waals surface area contributed by atoms with E-state index in [1.54, 1.807) is 23.9 Å². The molecule has 0 aliphatic carbocycles. The predicted molar refractivity (Wildman–Crippen MR) is 76.8 cm³/mol. The molecule has 1 aromatic heterocycles.